The van der Waals surface area contributed by atoms with Gasteiger partial charge in [0.15, 0.2) is 12.2 Å². The fourth-order valence-corrected chi connectivity index (χ4v) is 2.09. The van der Waals surface area contributed by atoms with E-state index in [1.807, 2.05) is 18.2 Å². The van der Waals surface area contributed by atoms with E-state index < -0.39 is 24.8 Å². The lowest BCUT2D eigenvalue weighted by Crippen LogP contribution is -2.30. The molecule has 0 aliphatic carbocycles. The molecule has 0 spiro atoms. The van der Waals surface area contributed by atoms with Crippen LogP contribution in [0.1, 0.15) is 23.4 Å². The molecule has 1 N–H and O–H groups in total. The highest BCUT2D eigenvalue weighted by atomic mass is 19.4. The van der Waals surface area contributed by atoms with Crippen LogP contribution >= 0.6 is 0 Å². The van der Waals surface area contributed by atoms with Gasteiger partial charge in [0.25, 0.3) is 0 Å². The third kappa shape index (κ3) is 2.85. The van der Waals surface area contributed by atoms with Crippen molar-refractivity contribution in [1.29, 1.82) is 0 Å². The maximum atomic E-state index is 12.3. The highest BCUT2D eigenvalue weighted by Gasteiger charge is 2.39. The Labute approximate surface area is 117 Å². The van der Waals surface area contributed by atoms with E-state index in [4.69, 9.17) is 14.4 Å². The molecule has 2 unspecified atom stereocenters. The van der Waals surface area contributed by atoms with E-state index in [9.17, 15) is 13.2 Å². The highest BCUT2D eigenvalue weighted by Crippen LogP contribution is 2.35. The Balaban J connectivity index is 1.70. The molecule has 0 saturated heterocycles. The van der Waals surface area contributed by atoms with Crippen molar-refractivity contribution in [3.05, 3.63) is 41.5 Å². The molecule has 2 heterocycles. The maximum absolute atomic E-state index is 12.3. The van der Waals surface area contributed by atoms with Crippen LogP contribution in [0, 0.1) is 0 Å². The smallest absolute Gasteiger partial charge is 0.414 e. The SMILES string of the molecule is OC(Cc1nc(C2Cc3ccccc3O2)no1)C(F)(F)F. The fourth-order valence-electron chi connectivity index (χ4n) is 2.09. The van der Waals surface area contributed by atoms with Gasteiger partial charge in [0, 0.05) is 6.42 Å². The van der Waals surface area contributed by atoms with Gasteiger partial charge < -0.3 is 14.4 Å². The molecule has 1 aliphatic rings. The van der Waals surface area contributed by atoms with Crippen LogP contribution in [0.4, 0.5) is 13.2 Å². The summed E-state index contributed by atoms with van der Waals surface area (Å²) >= 11 is 0. The van der Waals surface area contributed by atoms with Gasteiger partial charge in [-0.2, -0.15) is 18.2 Å². The number of rotatable bonds is 3. The molecule has 0 saturated carbocycles. The molecule has 112 valence electrons. The Morgan fingerprint density at radius 1 is 1.33 bits per heavy atom. The molecule has 0 radical (unpaired) electrons. The molecule has 0 fully saturated rings. The molecule has 3 rings (SSSR count). The van der Waals surface area contributed by atoms with Crippen LogP contribution in [0.25, 0.3) is 0 Å². The highest BCUT2D eigenvalue weighted by molar-refractivity contribution is 5.37. The first-order chi connectivity index (χ1) is 9.93. The van der Waals surface area contributed by atoms with Gasteiger partial charge >= 0.3 is 6.18 Å². The van der Waals surface area contributed by atoms with Crippen LogP contribution in [0.2, 0.25) is 0 Å². The third-order valence-electron chi connectivity index (χ3n) is 3.16. The standard InChI is InChI=1S/C13H11F3N2O3/c14-13(15,16)10(19)6-11-17-12(18-21-11)9-5-7-3-1-2-4-8(7)20-9/h1-4,9-10,19H,5-6H2. The zero-order valence-electron chi connectivity index (χ0n) is 10.7. The summed E-state index contributed by atoms with van der Waals surface area (Å²) in [6.07, 6.45) is -7.96. The van der Waals surface area contributed by atoms with E-state index in [2.05, 4.69) is 10.1 Å². The first-order valence-electron chi connectivity index (χ1n) is 6.25. The molecule has 21 heavy (non-hydrogen) atoms. The summed E-state index contributed by atoms with van der Waals surface area (Å²) < 4.78 is 47.1. The van der Waals surface area contributed by atoms with Crippen molar-refractivity contribution in [2.24, 2.45) is 0 Å². The minimum Gasteiger partial charge on any atom is -0.482 e. The monoisotopic (exact) mass is 300 g/mol. The van der Waals surface area contributed by atoms with Gasteiger partial charge in [0.05, 0.1) is 6.42 Å². The summed E-state index contributed by atoms with van der Waals surface area (Å²) in [5, 5.41) is 12.6. The second kappa shape index (κ2) is 5.03. The van der Waals surface area contributed by atoms with E-state index >= 15 is 0 Å². The topological polar surface area (TPSA) is 68.4 Å². The minimum absolute atomic E-state index is 0.176. The number of para-hydroxylation sites is 1. The number of aliphatic hydroxyl groups excluding tert-OH is 1. The summed E-state index contributed by atoms with van der Waals surface area (Å²) in [5.74, 6) is 0.606. The third-order valence-corrected chi connectivity index (χ3v) is 3.16. The average Bonchev–Trinajstić information content (AvgIpc) is 3.02. The van der Waals surface area contributed by atoms with Crippen LogP contribution in [-0.4, -0.2) is 27.5 Å². The molecule has 1 aliphatic heterocycles. The second-order valence-electron chi connectivity index (χ2n) is 4.73. The van der Waals surface area contributed by atoms with Crippen molar-refractivity contribution in [3.8, 4) is 5.75 Å². The van der Waals surface area contributed by atoms with E-state index in [-0.39, 0.29) is 11.7 Å². The Morgan fingerprint density at radius 3 is 2.81 bits per heavy atom. The van der Waals surface area contributed by atoms with E-state index in [0.717, 1.165) is 5.56 Å². The van der Waals surface area contributed by atoms with E-state index in [1.165, 1.54) is 0 Å². The number of hydrogen-bond donors (Lipinski definition) is 1. The van der Waals surface area contributed by atoms with E-state index in [1.54, 1.807) is 6.07 Å². The number of benzene rings is 1. The predicted molar refractivity (Wildman–Crippen MR) is 63.6 cm³/mol. The van der Waals surface area contributed by atoms with Crippen LogP contribution < -0.4 is 4.74 Å². The van der Waals surface area contributed by atoms with Gasteiger partial charge in [-0.1, -0.05) is 23.4 Å². The predicted octanol–water partition coefficient (Wildman–Crippen LogP) is 2.21. The second-order valence-corrected chi connectivity index (χ2v) is 4.73. The van der Waals surface area contributed by atoms with Gasteiger partial charge in [0.1, 0.15) is 5.75 Å². The van der Waals surface area contributed by atoms with Crippen molar-refractivity contribution in [2.75, 3.05) is 0 Å². The molecule has 2 aromatic rings. The summed E-state index contributed by atoms with van der Waals surface area (Å²) in [7, 11) is 0. The molecule has 2 atom stereocenters. The summed E-state index contributed by atoms with van der Waals surface area (Å²) in [4.78, 5) is 3.87. The van der Waals surface area contributed by atoms with Gasteiger partial charge in [-0.05, 0) is 11.6 Å². The molecular weight excluding hydrogens is 289 g/mol. The lowest BCUT2D eigenvalue weighted by molar-refractivity contribution is -0.204. The zero-order valence-corrected chi connectivity index (χ0v) is 10.7. The molecule has 5 nitrogen and oxygen atoms in total. The molecular formula is C13H11F3N2O3. The van der Waals surface area contributed by atoms with Gasteiger partial charge in [0.2, 0.25) is 11.7 Å². The number of ether oxygens (including phenoxy) is 1. The molecule has 1 aromatic heterocycles. The first-order valence-corrected chi connectivity index (χ1v) is 6.25. The Bertz CT molecular complexity index is 617. The zero-order chi connectivity index (χ0) is 15.0. The number of nitrogens with zero attached hydrogens (tertiary/aromatic N) is 2. The van der Waals surface area contributed by atoms with Crippen molar-refractivity contribution >= 4 is 0 Å². The number of halogens is 3. The van der Waals surface area contributed by atoms with Crippen molar-refractivity contribution in [2.45, 2.75) is 31.2 Å². The van der Waals surface area contributed by atoms with Crippen LogP contribution in [-0.2, 0) is 12.8 Å². The minimum atomic E-state index is -4.71. The molecule has 0 bridgehead atoms. The van der Waals surface area contributed by atoms with Gasteiger partial charge in [-0.25, -0.2) is 0 Å². The number of aliphatic hydroxyl groups is 1. The van der Waals surface area contributed by atoms with Gasteiger partial charge in [-0.3, -0.25) is 0 Å². The molecule has 0 amide bonds. The van der Waals surface area contributed by atoms with Crippen LogP contribution in [0.3, 0.4) is 0 Å². The van der Waals surface area contributed by atoms with Crippen LogP contribution in [0.15, 0.2) is 28.8 Å². The first kappa shape index (κ1) is 13.9. The average molecular weight is 300 g/mol. The Morgan fingerprint density at radius 2 is 2.10 bits per heavy atom. The summed E-state index contributed by atoms with van der Waals surface area (Å²) in [6, 6.07) is 7.38. The fraction of sp³-hybridized carbons (Fsp3) is 0.385. The lowest BCUT2D eigenvalue weighted by Gasteiger charge is -2.11. The van der Waals surface area contributed by atoms with Crippen LogP contribution in [0.5, 0.6) is 5.75 Å². The summed E-state index contributed by atoms with van der Waals surface area (Å²) in [5.41, 5.74) is 0.976. The van der Waals surface area contributed by atoms with Crippen molar-refractivity contribution in [1.82, 2.24) is 10.1 Å². The lowest BCUT2D eigenvalue weighted by atomic mass is 10.1. The number of fused-ring (bicyclic) bond motifs is 1. The number of aromatic nitrogens is 2. The van der Waals surface area contributed by atoms with Crippen molar-refractivity contribution < 1.29 is 27.5 Å². The quantitative estimate of drug-likeness (QED) is 0.941. The van der Waals surface area contributed by atoms with Gasteiger partial charge in [-0.15, -0.1) is 0 Å². The number of alkyl halides is 3. The number of hydrogen-bond acceptors (Lipinski definition) is 5. The van der Waals surface area contributed by atoms with E-state index in [0.29, 0.717) is 12.2 Å². The molecule has 8 heteroatoms. The normalized spacial score (nSPS) is 19.1. The Kier molecular flexibility index (Phi) is 3.32. The summed E-state index contributed by atoms with van der Waals surface area (Å²) in [6.45, 7) is 0. The van der Waals surface area contributed by atoms with Crippen molar-refractivity contribution in [3.63, 3.8) is 0 Å². The maximum Gasteiger partial charge on any atom is 0.414 e. The Hall–Kier alpha value is -2.09. The largest absolute Gasteiger partial charge is 0.482 e. The molecule has 1 aromatic carbocycles.